The normalized spacial score (nSPS) is 9.67. The lowest BCUT2D eigenvalue weighted by Gasteiger charge is -2.03. The summed E-state index contributed by atoms with van der Waals surface area (Å²) in [4.78, 5) is 15.6. The first-order chi connectivity index (χ1) is 13.3. The van der Waals surface area contributed by atoms with Crippen molar-refractivity contribution in [1.29, 1.82) is 0 Å². The van der Waals surface area contributed by atoms with Gasteiger partial charge in [0.2, 0.25) is 0 Å². The molecule has 0 radical (unpaired) electrons. The Morgan fingerprint density at radius 2 is 1.59 bits per heavy atom. The Hall–Kier alpha value is -2.26. The van der Waals surface area contributed by atoms with E-state index < -0.39 is 0 Å². The van der Waals surface area contributed by atoms with E-state index in [1.165, 1.54) is 32.1 Å². The summed E-state index contributed by atoms with van der Waals surface area (Å²) in [6.07, 6.45) is 15.7. The maximum absolute atomic E-state index is 11.7. The predicted octanol–water partition coefficient (Wildman–Crippen LogP) is 5.83. The topological polar surface area (TPSA) is 39.2 Å². The van der Waals surface area contributed by atoms with E-state index in [2.05, 4.69) is 35.6 Å². The molecule has 0 saturated carbocycles. The van der Waals surface area contributed by atoms with Crippen molar-refractivity contribution >= 4 is 5.97 Å². The van der Waals surface area contributed by atoms with Gasteiger partial charge in [-0.25, -0.2) is 0 Å². The maximum Gasteiger partial charge on any atom is 0.306 e. The lowest BCUT2D eigenvalue weighted by Crippen LogP contribution is -2.04. The Morgan fingerprint density at radius 1 is 0.926 bits per heavy atom. The molecule has 1 aromatic rings. The summed E-state index contributed by atoms with van der Waals surface area (Å²) >= 11 is 0. The van der Waals surface area contributed by atoms with Gasteiger partial charge in [-0.3, -0.25) is 9.78 Å². The molecule has 146 valence electrons. The number of aromatic nitrogens is 1. The average molecular weight is 368 g/mol. The van der Waals surface area contributed by atoms with Crippen molar-refractivity contribution in [3.05, 3.63) is 30.1 Å². The van der Waals surface area contributed by atoms with E-state index >= 15 is 0 Å². The second-order valence-electron chi connectivity index (χ2n) is 6.60. The van der Waals surface area contributed by atoms with Crippen molar-refractivity contribution in [3.8, 4) is 23.7 Å². The first-order valence-corrected chi connectivity index (χ1v) is 10.3. The molecule has 0 amide bonds. The number of carbonyl (C=O) groups excluding carboxylic acids is 1. The van der Waals surface area contributed by atoms with Gasteiger partial charge in [0.25, 0.3) is 0 Å². The molecule has 27 heavy (non-hydrogen) atoms. The van der Waals surface area contributed by atoms with Crippen molar-refractivity contribution in [3.63, 3.8) is 0 Å². The molecule has 3 heteroatoms. The summed E-state index contributed by atoms with van der Waals surface area (Å²) in [5.41, 5.74) is 0.913. The minimum absolute atomic E-state index is 0.156. The third-order valence-electron chi connectivity index (χ3n) is 4.09. The van der Waals surface area contributed by atoms with Crippen LogP contribution in [0.25, 0.3) is 0 Å². The lowest BCUT2D eigenvalue weighted by molar-refractivity contribution is -0.145. The monoisotopic (exact) mass is 367 g/mol. The van der Waals surface area contributed by atoms with E-state index in [4.69, 9.17) is 4.74 Å². The van der Waals surface area contributed by atoms with Gasteiger partial charge in [-0.15, -0.1) is 23.7 Å². The quantitative estimate of drug-likeness (QED) is 0.265. The van der Waals surface area contributed by atoms with Gasteiger partial charge >= 0.3 is 5.97 Å². The molecule has 0 saturated heterocycles. The Morgan fingerprint density at radius 3 is 2.26 bits per heavy atom. The molecule has 3 nitrogen and oxygen atoms in total. The first-order valence-electron chi connectivity index (χ1n) is 10.3. The number of hydrogen-bond donors (Lipinski definition) is 0. The van der Waals surface area contributed by atoms with Gasteiger partial charge in [-0.05, 0) is 25.3 Å². The van der Waals surface area contributed by atoms with Crippen LogP contribution in [0.1, 0.15) is 89.5 Å². The van der Waals surface area contributed by atoms with Gasteiger partial charge in [0.15, 0.2) is 0 Å². The highest BCUT2D eigenvalue weighted by molar-refractivity contribution is 5.69. The molecule has 0 aromatic carbocycles. The summed E-state index contributed by atoms with van der Waals surface area (Å²) < 4.78 is 5.22. The van der Waals surface area contributed by atoms with E-state index in [0.717, 1.165) is 44.1 Å². The van der Waals surface area contributed by atoms with Gasteiger partial charge in [-0.1, -0.05) is 38.7 Å². The van der Waals surface area contributed by atoms with E-state index in [-0.39, 0.29) is 5.97 Å². The fraction of sp³-hybridized carbons (Fsp3) is 0.583. The highest BCUT2D eigenvalue weighted by atomic mass is 16.5. The molecule has 0 spiro atoms. The third-order valence-corrected chi connectivity index (χ3v) is 4.09. The van der Waals surface area contributed by atoms with Crippen molar-refractivity contribution in [2.45, 2.75) is 90.6 Å². The number of unbranched alkanes of at least 4 members (excludes halogenated alkanes) is 8. The molecule has 0 fully saturated rings. The first kappa shape index (κ1) is 22.8. The molecule has 0 aliphatic heterocycles. The predicted molar refractivity (Wildman–Crippen MR) is 111 cm³/mol. The number of esters is 1. The number of pyridine rings is 1. The number of rotatable bonds is 12. The molecule has 0 N–H and O–H groups in total. The fourth-order valence-corrected chi connectivity index (χ4v) is 2.50. The Labute approximate surface area is 165 Å². The van der Waals surface area contributed by atoms with Gasteiger partial charge in [0, 0.05) is 50.1 Å². The van der Waals surface area contributed by atoms with E-state index in [0.29, 0.717) is 13.0 Å². The summed E-state index contributed by atoms with van der Waals surface area (Å²) in [6.45, 7) is 2.53. The molecule has 1 heterocycles. The average Bonchev–Trinajstić information content (AvgIpc) is 2.70. The lowest BCUT2D eigenvalue weighted by atomic mass is 10.1. The summed E-state index contributed by atoms with van der Waals surface area (Å²) in [7, 11) is 0. The second kappa shape index (κ2) is 17.2. The fourth-order valence-electron chi connectivity index (χ4n) is 2.50. The Balaban J connectivity index is 1.91. The highest BCUT2D eigenvalue weighted by Gasteiger charge is 2.02. The smallest absolute Gasteiger partial charge is 0.306 e. The zero-order valence-electron chi connectivity index (χ0n) is 16.8. The van der Waals surface area contributed by atoms with Crippen LogP contribution in [0.15, 0.2) is 24.5 Å². The molecule has 0 unspecified atom stereocenters. The Bertz CT molecular complexity index is 617. The molecular formula is C24H33NO2. The minimum Gasteiger partial charge on any atom is -0.461 e. The van der Waals surface area contributed by atoms with Crippen LogP contribution in [0.5, 0.6) is 0 Å². The Kier molecular flexibility index (Phi) is 14.5. The summed E-state index contributed by atoms with van der Waals surface area (Å²) in [5, 5.41) is 0. The SMILES string of the molecule is CCCCCCCC#CCCC#CCCCCC(=O)OCc1cccnc1. The minimum atomic E-state index is -0.156. The summed E-state index contributed by atoms with van der Waals surface area (Å²) in [5.74, 6) is 12.6. The molecule has 0 atom stereocenters. The van der Waals surface area contributed by atoms with Crippen LogP contribution in [-0.2, 0) is 16.1 Å². The van der Waals surface area contributed by atoms with Crippen LogP contribution in [0.3, 0.4) is 0 Å². The van der Waals surface area contributed by atoms with Crippen LogP contribution in [0.4, 0.5) is 0 Å². The van der Waals surface area contributed by atoms with Crippen LogP contribution in [0, 0.1) is 23.7 Å². The molecule has 0 aliphatic carbocycles. The van der Waals surface area contributed by atoms with Crippen LogP contribution >= 0.6 is 0 Å². The van der Waals surface area contributed by atoms with Gasteiger partial charge in [0.1, 0.15) is 6.61 Å². The number of ether oxygens (including phenoxy) is 1. The van der Waals surface area contributed by atoms with E-state index in [1.807, 2.05) is 12.1 Å². The van der Waals surface area contributed by atoms with Crippen molar-refractivity contribution in [2.24, 2.45) is 0 Å². The van der Waals surface area contributed by atoms with Gasteiger partial charge in [-0.2, -0.15) is 0 Å². The zero-order valence-corrected chi connectivity index (χ0v) is 16.8. The van der Waals surface area contributed by atoms with E-state index in [9.17, 15) is 4.79 Å². The second-order valence-corrected chi connectivity index (χ2v) is 6.60. The van der Waals surface area contributed by atoms with Crippen molar-refractivity contribution < 1.29 is 9.53 Å². The largest absolute Gasteiger partial charge is 0.461 e. The van der Waals surface area contributed by atoms with Crippen molar-refractivity contribution in [1.82, 2.24) is 4.98 Å². The molecule has 1 rings (SSSR count). The van der Waals surface area contributed by atoms with Gasteiger partial charge in [0.05, 0.1) is 0 Å². The van der Waals surface area contributed by atoms with Gasteiger partial charge < -0.3 is 4.74 Å². The number of carbonyl (C=O) groups is 1. The summed E-state index contributed by atoms with van der Waals surface area (Å²) in [6, 6.07) is 3.73. The standard InChI is InChI=1S/C24H33NO2/c1-2-3-4-5-6-7-8-9-10-11-12-13-14-15-16-19-24(26)27-22-23-18-17-20-25-21-23/h17-18,20-21H,2-7,10-11,14-16,19,22H2,1H3. The third kappa shape index (κ3) is 14.6. The zero-order chi connectivity index (χ0) is 19.4. The highest BCUT2D eigenvalue weighted by Crippen LogP contribution is 2.05. The molecule has 1 aromatic heterocycles. The molecular weight excluding hydrogens is 334 g/mol. The van der Waals surface area contributed by atoms with Crippen LogP contribution in [-0.4, -0.2) is 11.0 Å². The van der Waals surface area contributed by atoms with Crippen LogP contribution < -0.4 is 0 Å². The van der Waals surface area contributed by atoms with E-state index in [1.54, 1.807) is 12.4 Å². The molecule has 0 bridgehead atoms. The maximum atomic E-state index is 11.7. The number of hydrogen-bond acceptors (Lipinski definition) is 3. The van der Waals surface area contributed by atoms with Crippen LogP contribution in [0.2, 0.25) is 0 Å². The molecule has 0 aliphatic rings. The number of nitrogens with zero attached hydrogens (tertiary/aromatic N) is 1. The van der Waals surface area contributed by atoms with Crippen molar-refractivity contribution in [2.75, 3.05) is 0 Å².